The normalized spacial score (nSPS) is 10.8. The number of benzene rings is 1. The zero-order chi connectivity index (χ0) is 24.9. The fraction of sp³-hybridized carbons (Fsp3) is 0.182. The largest absolute Gasteiger partial charge is 0.444 e. The lowest BCUT2D eigenvalue weighted by molar-refractivity contribution is 0.0561. The fourth-order valence-corrected chi connectivity index (χ4v) is 2.75. The highest BCUT2D eigenvalue weighted by Crippen LogP contribution is 2.16. The third kappa shape index (κ3) is 6.38. The van der Waals surface area contributed by atoms with Crippen LogP contribution < -0.4 is 16.0 Å². The van der Waals surface area contributed by atoms with Gasteiger partial charge >= 0.3 is 6.09 Å². The summed E-state index contributed by atoms with van der Waals surface area (Å²) in [4.78, 5) is 58.2. The molecule has 34 heavy (non-hydrogen) atoms. The van der Waals surface area contributed by atoms with E-state index >= 15 is 0 Å². The first-order valence-corrected chi connectivity index (χ1v) is 10.1. The number of carbonyl (C=O) groups excluding carboxylic acids is 4. The molecule has 2 heterocycles. The second-order valence-electron chi connectivity index (χ2n) is 8.04. The molecule has 0 saturated heterocycles. The van der Waals surface area contributed by atoms with Crippen molar-refractivity contribution in [3.05, 3.63) is 71.6 Å². The van der Waals surface area contributed by atoms with Crippen molar-refractivity contribution in [2.75, 3.05) is 5.32 Å². The van der Waals surface area contributed by atoms with Gasteiger partial charge in [0.1, 0.15) is 11.3 Å². The molecule has 12 nitrogen and oxygen atoms in total. The van der Waals surface area contributed by atoms with Crippen molar-refractivity contribution < 1.29 is 23.9 Å². The Kier molecular flexibility index (Phi) is 6.90. The van der Waals surface area contributed by atoms with E-state index in [4.69, 9.17) is 10.1 Å². The molecule has 0 fully saturated rings. The van der Waals surface area contributed by atoms with Gasteiger partial charge in [-0.1, -0.05) is 12.1 Å². The summed E-state index contributed by atoms with van der Waals surface area (Å²) in [7, 11) is 0. The quantitative estimate of drug-likeness (QED) is 0.191. The Balaban J connectivity index is 1.62. The molecular weight excluding hydrogens is 442 g/mol. The molecule has 0 radical (unpaired) electrons. The predicted molar refractivity (Wildman–Crippen MR) is 122 cm³/mol. The highest BCUT2D eigenvalue weighted by Gasteiger charge is 2.19. The highest BCUT2D eigenvalue weighted by molar-refractivity contribution is 6.11. The van der Waals surface area contributed by atoms with Crippen LogP contribution >= 0.6 is 0 Å². The van der Waals surface area contributed by atoms with Crippen LogP contribution in [0.15, 0.2) is 48.8 Å². The topological polar surface area (TPSA) is 182 Å². The third-order valence-corrected chi connectivity index (χ3v) is 4.14. The summed E-state index contributed by atoms with van der Waals surface area (Å²) in [5.74, 6) is -2.07. The van der Waals surface area contributed by atoms with E-state index in [2.05, 4.69) is 30.9 Å². The summed E-state index contributed by atoms with van der Waals surface area (Å²) in [6, 6.07) is 9.05. The number of anilines is 1. The summed E-state index contributed by atoms with van der Waals surface area (Å²) in [5, 5.41) is 14.6. The summed E-state index contributed by atoms with van der Waals surface area (Å²) in [5.41, 5.74) is 0.0126. The van der Waals surface area contributed by atoms with E-state index in [9.17, 15) is 19.2 Å². The molecule has 0 aliphatic heterocycles. The number of alkyl carbamates (subject to hydrolysis) is 1. The summed E-state index contributed by atoms with van der Waals surface area (Å²) >= 11 is 0. The average Bonchev–Trinajstić information content (AvgIpc) is 3.44. The number of nitrogens with zero attached hydrogens (tertiary/aromatic N) is 1. The van der Waals surface area contributed by atoms with Crippen LogP contribution in [0.4, 0.5) is 10.5 Å². The van der Waals surface area contributed by atoms with Crippen molar-refractivity contribution in [3.8, 4) is 0 Å². The van der Waals surface area contributed by atoms with Gasteiger partial charge in [0.25, 0.3) is 11.8 Å². The molecule has 0 aliphatic carbocycles. The Morgan fingerprint density at radius 1 is 1.00 bits per heavy atom. The molecule has 3 rings (SSSR count). The van der Waals surface area contributed by atoms with E-state index < -0.39 is 35.3 Å². The van der Waals surface area contributed by atoms with Gasteiger partial charge in [-0.15, -0.1) is 0 Å². The minimum Gasteiger partial charge on any atom is -0.444 e. The van der Waals surface area contributed by atoms with Crippen LogP contribution in [0.5, 0.6) is 0 Å². The predicted octanol–water partition coefficient (Wildman–Crippen LogP) is 2.41. The summed E-state index contributed by atoms with van der Waals surface area (Å²) < 4.78 is 5.01. The van der Waals surface area contributed by atoms with Gasteiger partial charge in [-0.25, -0.2) is 9.78 Å². The monoisotopic (exact) mass is 465 g/mol. The Hall–Kier alpha value is -4.74. The lowest BCUT2D eigenvalue weighted by Crippen LogP contribution is -2.45. The molecule has 12 heteroatoms. The lowest BCUT2D eigenvalue weighted by atomic mass is 10.1. The van der Waals surface area contributed by atoms with Crippen molar-refractivity contribution in [2.24, 2.45) is 0 Å². The van der Waals surface area contributed by atoms with Crippen molar-refractivity contribution in [2.45, 2.75) is 26.4 Å². The van der Waals surface area contributed by atoms with E-state index in [1.54, 1.807) is 39.0 Å². The molecule has 0 atom stereocenters. The molecule has 0 unspecified atom stereocenters. The number of H-pyrrole nitrogens is 2. The van der Waals surface area contributed by atoms with Crippen LogP contribution in [0, 0.1) is 5.41 Å². The van der Waals surface area contributed by atoms with Crippen molar-refractivity contribution in [1.82, 2.24) is 25.6 Å². The van der Waals surface area contributed by atoms with Crippen LogP contribution in [0.3, 0.4) is 0 Å². The molecule has 2 aromatic heterocycles. The van der Waals surface area contributed by atoms with Gasteiger partial charge in [0.15, 0.2) is 5.82 Å². The molecular formula is C22H23N7O5. The summed E-state index contributed by atoms with van der Waals surface area (Å²) in [6.45, 7) is 4.99. The minimum atomic E-state index is -0.890. The second kappa shape index (κ2) is 9.81. The van der Waals surface area contributed by atoms with E-state index in [0.717, 1.165) is 0 Å². The number of rotatable bonds is 5. The second-order valence-corrected chi connectivity index (χ2v) is 8.04. The van der Waals surface area contributed by atoms with Gasteiger partial charge in [0.05, 0.1) is 5.69 Å². The number of aromatic amines is 2. The van der Waals surface area contributed by atoms with Crippen LogP contribution in [-0.2, 0) is 4.74 Å². The van der Waals surface area contributed by atoms with E-state index in [0.29, 0.717) is 5.69 Å². The number of ether oxygens (including phenoxy) is 1. The molecule has 3 aromatic rings. The third-order valence-electron chi connectivity index (χ3n) is 4.14. The maximum Gasteiger partial charge on any atom is 0.414 e. The zero-order valence-electron chi connectivity index (χ0n) is 18.6. The fourth-order valence-electron chi connectivity index (χ4n) is 2.75. The molecule has 176 valence electrons. The van der Waals surface area contributed by atoms with E-state index in [1.807, 2.05) is 0 Å². The number of imidazole rings is 1. The Labute approximate surface area is 194 Å². The molecule has 0 spiro atoms. The maximum absolute atomic E-state index is 12.8. The lowest BCUT2D eigenvalue weighted by Gasteiger charge is -2.19. The van der Waals surface area contributed by atoms with Gasteiger partial charge < -0.3 is 20.0 Å². The van der Waals surface area contributed by atoms with Crippen molar-refractivity contribution in [3.63, 3.8) is 0 Å². The Morgan fingerprint density at radius 2 is 1.74 bits per heavy atom. The first kappa shape index (κ1) is 23.9. The molecule has 1 aromatic carbocycles. The van der Waals surface area contributed by atoms with E-state index in [-0.39, 0.29) is 22.8 Å². The zero-order valence-corrected chi connectivity index (χ0v) is 18.6. The number of hydrogen-bond donors (Lipinski definition) is 6. The van der Waals surface area contributed by atoms with Crippen LogP contribution in [0.2, 0.25) is 0 Å². The minimum absolute atomic E-state index is 0.00126. The number of amides is 3. The molecule has 3 amide bonds. The van der Waals surface area contributed by atoms with E-state index in [1.165, 1.54) is 30.6 Å². The van der Waals surface area contributed by atoms with Gasteiger partial charge in [0, 0.05) is 23.6 Å². The molecule has 0 aliphatic rings. The van der Waals surface area contributed by atoms with Crippen LogP contribution in [0.1, 0.15) is 57.9 Å². The average molecular weight is 465 g/mol. The molecule has 0 bridgehead atoms. The van der Waals surface area contributed by atoms with Gasteiger partial charge in [-0.3, -0.25) is 30.4 Å². The van der Waals surface area contributed by atoms with Gasteiger partial charge in [0.2, 0.25) is 11.7 Å². The number of nitrogens with one attached hydrogen (secondary N) is 6. The number of carbonyl (C=O) groups is 4. The number of guanidine groups is 1. The maximum atomic E-state index is 12.8. The highest BCUT2D eigenvalue weighted by atomic mass is 16.6. The Morgan fingerprint density at radius 3 is 2.41 bits per heavy atom. The van der Waals surface area contributed by atoms with Crippen LogP contribution in [-0.4, -0.2) is 50.2 Å². The molecule has 0 saturated carbocycles. The SMILES string of the molecule is CC(C)(C)OC(=O)NC(=N)NC(=O)c1ccc(C(=O)c2cccc(NC(=O)c3ncc[nH]3)c2)[nH]1. The number of aromatic nitrogens is 3. The van der Waals surface area contributed by atoms with Crippen molar-refractivity contribution in [1.29, 1.82) is 5.41 Å². The number of ketones is 1. The molecule has 6 N–H and O–H groups in total. The van der Waals surface area contributed by atoms with Gasteiger partial charge in [-0.2, -0.15) is 0 Å². The standard InChI is InChI=1S/C22H23N7O5/c1-22(2,3)34-21(33)29-20(23)28-18(31)15-8-7-14(27-15)16(30)12-5-4-6-13(11-12)26-19(32)17-24-9-10-25-17/h4-11,27H,1-3H3,(H,24,25)(H,26,32)(H3,23,28,29,31,33). The van der Waals surface area contributed by atoms with Crippen molar-refractivity contribution >= 4 is 35.3 Å². The smallest absolute Gasteiger partial charge is 0.414 e. The summed E-state index contributed by atoms with van der Waals surface area (Å²) in [6.07, 6.45) is 2.07. The van der Waals surface area contributed by atoms with Gasteiger partial charge in [-0.05, 0) is 45.0 Å². The number of hydrogen-bond acceptors (Lipinski definition) is 7. The Bertz CT molecular complexity index is 1240. The van der Waals surface area contributed by atoms with Crippen LogP contribution in [0.25, 0.3) is 0 Å². The first-order chi connectivity index (χ1) is 16.0. The first-order valence-electron chi connectivity index (χ1n) is 10.1.